The second kappa shape index (κ2) is 6.11. The number of halogens is 2. The van der Waals surface area contributed by atoms with Crippen LogP contribution >= 0.6 is 23.2 Å². The van der Waals surface area contributed by atoms with Gasteiger partial charge in [0.1, 0.15) is 5.57 Å². The van der Waals surface area contributed by atoms with Gasteiger partial charge in [0, 0.05) is 16.6 Å². The summed E-state index contributed by atoms with van der Waals surface area (Å²) in [5.74, 6) is -1.47. The molecule has 0 aliphatic carbocycles. The molecule has 0 unspecified atom stereocenters. The molecular weight excluding hydrogens is 315 g/mol. The molecule has 5 nitrogen and oxygen atoms in total. The largest absolute Gasteiger partial charge is 0.331 e. The first-order chi connectivity index (χ1) is 9.93. The fraction of sp³-hybridized carbons (Fsp3) is 0.0714. The van der Waals surface area contributed by atoms with E-state index in [9.17, 15) is 14.4 Å². The molecule has 1 N–H and O–H groups in total. The summed E-state index contributed by atoms with van der Waals surface area (Å²) in [6.45, 7) is 3.47. The first kappa shape index (κ1) is 15.3. The van der Waals surface area contributed by atoms with Crippen molar-refractivity contribution >= 4 is 47.1 Å². The van der Waals surface area contributed by atoms with E-state index >= 15 is 0 Å². The van der Waals surface area contributed by atoms with Crippen LogP contribution < -0.4 is 5.32 Å². The van der Waals surface area contributed by atoms with Crippen molar-refractivity contribution in [3.63, 3.8) is 0 Å². The van der Waals surface area contributed by atoms with Crippen LogP contribution in [0.1, 0.15) is 5.56 Å². The summed E-state index contributed by atoms with van der Waals surface area (Å²) in [5, 5.41) is 2.82. The van der Waals surface area contributed by atoms with Crippen LogP contribution in [0.3, 0.4) is 0 Å². The molecule has 1 heterocycles. The summed E-state index contributed by atoms with van der Waals surface area (Å²) in [6, 6.07) is 3.88. The van der Waals surface area contributed by atoms with E-state index in [1.54, 1.807) is 12.1 Å². The van der Waals surface area contributed by atoms with Gasteiger partial charge in [-0.3, -0.25) is 19.8 Å². The molecule has 0 saturated carbocycles. The van der Waals surface area contributed by atoms with E-state index in [-0.39, 0.29) is 12.1 Å². The molecular formula is C14H10Cl2N2O3. The van der Waals surface area contributed by atoms with E-state index in [0.29, 0.717) is 15.6 Å². The standard InChI is InChI=1S/C14H10Cl2N2O3/c1-2-5-18-13(20)10(12(19)17-14(18)21)6-8-3-4-9(15)7-11(8)16/h2-4,6-7H,1,5H2,(H,17,19,21). The molecule has 108 valence electrons. The van der Waals surface area contributed by atoms with Crippen LogP contribution in [0.4, 0.5) is 4.79 Å². The first-order valence-electron chi connectivity index (χ1n) is 5.89. The molecule has 1 aliphatic heterocycles. The predicted molar refractivity (Wildman–Crippen MR) is 79.9 cm³/mol. The van der Waals surface area contributed by atoms with Crippen molar-refractivity contribution in [2.75, 3.05) is 6.54 Å². The van der Waals surface area contributed by atoms with Crippen LogP contribution in [-0.4, -0.2) is 29.3 Å². The van der Waals surface area contributed by atoms with Gasteiger partial charge in [-0.1, -0.05) is 35.3 Å². The molecule has 1 aliphatic rings. The van der Waals surface area contributed by atoms with E-state index in [4.69, 9.17) is 23.2 Å². The predicted octanol–water partition coefficient (Wildman–Crippen LogP) is 2.64. The summed E-state index contributed by atoms with van der Waals surface area (Å²) in [5.41, 5.74) is 0.271. The molecule has 7 heteroatoms. The second-order valence-corrected chi connectivity index (χ2v) is 5.03. The zero-order chi connectivity index (χ0) is 15.6. The van der Waals surface area contributed by atoms with Gasteiger partial charge in [-0.05, 0) is 23.8 Å². The SMILES string of the molecule is C=CCN1C(=O)NC(=O)C(=Cc2ccc(Cl)cc2Cl)C1=O. The fourth-order valence-corrected chi connectivity index (χ4v) is 2.23. The van der Waals surface area contributed by atoms with Gasteiger partial charge in [0.15, 0.2) is 0 Å². The number of carbonyl (C=O) groups is 3. The second-order valence-electron chi connectivity index (χ2n) is 4.19. The topological polar surface area (TPSA) is 66.5 Å². The van der Waals surface area contributed by atoms with Gasteiger partial charge in [0.2, 0.25) is 0 Å². The zero-order valence-electron chi connectivity index (χ0n) is 10.7. The highest BCUT2D eigenvalue weighted by Crippen LogP contribution is 2.24. The van der Waals surface area contributed by atoms with Crippen molar-refractivity contribution in [2.24, 2.45) is 0 Å². The van der Waals surface area contributed by atoms with Crippen LogP contribution in [0.25, 0.3) is 6.08 Å². The van der Waals surface area contributed by atoms with Crippen molar-refractivity contribution in [1.82, 2.24) is 10.2 Å². The van der Waals surface area contributed by atoms with Gasteiger partial charge in [-0.2, -0.15) is 0 Å². The number of hydrogen-bond acceptors (Lipinski definition) is 3. The lowest BCUT2D eigenvalue weighted by Crippen LogP contribution is -2.54. The molecule has 1 saturated heterocycles. The fourth-order valence-electron chi connectivity index (χ4n) is 1.76. The Morgan fingerprint density at radius 3 is 2.57 bits per heavy atom. The zero-order valence-corrected chi connectivity index (χ0v) is 12.2. The molecule has 0 bridgehead atoms. The number of amides is 4. The molecule has 4 amide bonds. The summed E-state index contributed by atoms with van der Waals surface area (Å²) in [6.07, 6.45) is 2.71. The number of nitrogens with one attached hydrogen (secondary N) is 1. The Hall–Kier alpha value is -2.11. The molecule has 1 aromatic rings. The minimum atomic E-state index is -0.774. The van der Waals surface area contributed by atoms with Crippen molar-refractivity contribution in [1.29, 1.82) is 0 Å². The summed E-state index contributed by atoms with van der Waals surface area (Å²) in [7, 11) is 0. The Balaban J connectivity index is 2.42. The number of carbonyl (C=O) groups excluding carboxylic acids is 3. The Morgan fingerprint density at radius 2 is 1.95 bits per heavy atom. The summed E-state index contributed by atoms with van der Waals surface area (Å²) < 4.78 is 0. The number of hydrogen-bond donors (Lipinski definition) is 1. The Labute approximate surface area is 130 Å². The smallest absolute Gasteiger partial charge is 0.273 e. The Bertz CT molecular complexity index is 683. The lowest BCUT2D eigenvalue weighted by atomic mass is 10.1. The van der Waals surface area contributed by atoms with Gasteiger partial charge in [0.25, 0.3) is 11.8 Å². The van der Waals surface area contributed by atoms with Crippen LogP contribution in [0.2, 0.25) is 10.0 Å². The maximum atomic E-state index is 12.2. The van der Waals surface area contributed by atoms with E-state index in [2.05, 4.69) is 11.9 Å². The molecule has 0 spiro atoms. The lowest BCUT2D eigenvalue weighted by molar-refractivity contribution is -0.129. The van der Waals surface area contributed by atoms with Crippen molar-refractivity contribution in [3.8, 4) is 0 Å². The first-order valence-corrected chi connectivity index (χ1v) is 6.64. The van der Waals surface area contributed by atoms with Crippen LogP contribution in [-0.2, 0) is 9.59 Å². The highest BCUT2D eigenvalue weighted by molar-refractivity contribution is 6.36. The molecule has 2 rings (SSSR count). The van der Waals surface area contributed by atoms with Gasteiger partial charge >= 0.3 is 6.03 Å². The molecule has 1 fully saturated rings. The molecule has 21 heavy (non-hydrogen) atoms. The van der Waals surface area contributed by atoms with Crippen LogP contribution in [0.5, 0.6) is 0 Å². The normalized spacial score (nSPS) is 17.1. The number of rotatable bonds is 3. The van der Waals surface area contributed by atoms with Gasteiger partial charge in [-0.15, -0.1) is 6.58 Å². The average molecular weight is 325 g/mol. The van der Waals surface area contributed by atoms with Gasteiger partial charge in [0.05, 0.1) is 0 Å². The minimum absolute atomic E-state index is 0.00361. The average Bonchev–Trinajstić information content (AvgIpc) is 2.41. The van der Waals surface area contributed by atoms with Gasteiger partial charge in [-0.25, -0.2) is 4.79 Å². The van der Waals surface area contributed by atoms with E-state index in [0.717, 1.165) is 4.90 Å². The third-order valence-corrected chi connectivity index (χ3v) is 3.32. The maximum Gasteiger partial charge on any atom is 0.331 e. The van der Waals surface area contributed by atoms with E-state index in [1.165, 1.54) is 18.2 Å². The Morgan fingerprint density at radius 1 is 1.24 bits per heavy atom. The maximum absolute atomic E-state index is 12.2. The third-order valence-electron chi connectivity index (χ3n) is 2.76. The third kappa shape index (κ3) is 3.15. The summed E-state index contributed by atoms with van der Waals surface area (Å²) in [4.78, 5) is 36.4. The molecule has 0 atom stereocenters. The molecule has 0 aromatic heterocycles. The Kier molecular flexibility index (Phi) is 4.45. The highest BCUT2D eigenvalue weighted by atomic mass is 35.5. The van der Waals surface area contributed by atoms with Crippen molar-refractivity contribution in [2.45, 2.75) is 0 Å². The number of barbiturate groups is 1. The number of nitrogens with zero attached hydrogens (tertiary/aromatic N) is 1. The van der Waals surface area contributed by atoms with Crippen molar-refractivity contribution in [3.05, 3.63) is 52.0 Å². The van der Waals surface area contributed by atoms with Crippen LogP contribution in [0, 0.1) is 0 Å². The molecule has 0 radical (unpaired) electrons. The molecule has 1 aromatic carbocycles. The summed E-state index contributed by atoms with van der Waals surface area (Å²) >= 11 is 11.8. The van der Waals surface area contributed by atoms with Crippen LogP contribution in [0.15, 0.2) is 36.4 Å². The lowest BCUT2D eigenvalue weighted by Gasteiger charge is -2.25. The number of urea groups is 1. The monoisotopic (exact) mass is 324 g/mol. The highest BCUT2D eigenvalue weighted by Gasteiger charge is 2.34. The van der Waals surface area contributed by atoms with E-state index in [1.807, 2.05) is 0 Å². The van der Waals surface area contributed by atoms with Gasteiger partial charge < -0.3 is 0 Å². The quantitative estimate of drug-likeness (QED) is 0.528. The van der Waals surface area contributed by atoms with Crippen molar-refractivity contribution < 1.29 is 14.4 Å². The minimum Gasteiger partial charge on any atom is -0.273 e. The van der Waals surface area contributed by atoms with E-state index < -0.39 is 17.8 Å². The number of imide groups is 2. The number of benzene rings is 1.